The quantitative estimate of drug-likeness (QED) is 0.883. The molecule has 94 valence electrons. The largest absolute Gasteiger partial charge is 0.383 e. The molecule has 1 aliphatic rings. The minimum Gasteiger partial charge on any atom is -0.383 e. The summed E-state index contributed by atoms with van der Waals surface area (Å²) in [5.41, 5.74) is 7.04. The number of nitrogens with two attached hydrogens (primary N) is 1. The van der Waals surface area contributed by atoms with Crippen LogP contribution in [0.4, 0.5) is 0 Å². The van der Waals surface area contributed by atoms with Crippen LogP contribution in [0.5, 0.6) is 0 Å². The van der Waals surface area contributed by atoms with Crippen molar-refractivity contribution in [3.05, 3.63) is 22.4 Å². The van der Waals surface area contributed by atoms with Crippen molar-refractivity contribution in [1.29, 1.82) is 0 Å². The van der Waals surface area contributed by atoms with E-state index in [0.717, 1.165) is 19.4 Å². The molecule has 4 nitrogen and oxygen atoms in total. The first-order valence-corrected chi connectivity index (χ1v) is 6.75. The van der Waals surface area contributed by atoms with E-state index in [9.17, 15) is 4.79 Å². The van der Waals surface area contributed by atoms with Gasteiger partial charge in [0.05, 0.1) is 12.6 Å². The molecule has 2 rings (SSSR count). The maximum Gasteiger partial charge on any atom is 0.242 e. The Hall–Kier alpha value is -0.910. The van der Waals surface area contributed by atoms with Gasteiger partial charge in [-0.05, 0) is 35.2 Å². The van der Waals surface area contributed by atoms with Crippen LogP contribution >= 0.6 is 11.3 Å². The van der Waals surface area contributed by atoms with Gasteiger partial charge in [-0.2, -0.15) is 11.3 Å². The molecule has 1 aliphatic heterocycles. The van der Waals surface area contributed by atoms with E-state index in [1.54, 1.807) is 18.4 Å². The smallest absolute Gasteiger partial charge is 0.242 e. The number of hydrogen-bond acceptors (Lipinski definition) is 4. The second-order valence-corrected chi connectivity index (χ2v) is 5.09. The van der Waals surface area contributed by atoms with Crippen molar-refractivity contribution in [2.75, 3.05) is 20.3 Å². The van der Waals surface area contributed by atoms with E-state index in [1.807, 2.05) is 10.3 Å². The van der Waals surface area contributed by atoms with Crippen LogP contribution in [-0.2, 0) is 9.53 Å². The Balaban J connectivity index is 2.07. The number of likely N-dealkylation sites (tertiary alicyclic amines) is 1. The van der Waals surface area contributed by atoms with Gasteiger partial charge in [0.15, 0.2) is 0 Å². The van der Waals surface area contributed by atoms with E-state index >= 15 is 0 Å². The topological polar surface area (TPSA) is 55.6 Å². The first kappa shape index (κ1) is 12.5. The summed E-state index contributed by atoms with van der Waals surface area (Å²) >= 11 is 1.66. The van der Waals surface area contributed by atoms with E-state index < -0.39 is 6.04 Å². The number of methoxy groups -OCH3 is 1. The van der Waals surface area contributed by atoms with Gasteiger partial charge in [0, 0.05) is 13.7 Å². The fourth-order valence-corrected chi connectivity index (χ4v) is 3.01. The zero-order valence-electron chi connectivity index (χ0n) is 9.96. The molecule has 5 heteroatoms. The molecule has 2 heterocycles. The highest BCUT2D eigenvalue weighted by atomic mass is 32.1. The predicted molar refractivity (Wildman–Crippen MR) is 67.9 cm³/mol. The number of nitrogens with zero attached hydrogens (tertiary/aromatic N) is 1. The summed E-state index contributed by atoms with van der Waals surface area (Å²) in [6.07, 6.45) is 2.08. The third kappa shape index (κ3) is 2.68. The second kappa shape index (κ2) is 5.62. The Morgan fingerprint density at radius 3 is 3.24 bits per heavy atom. The molecule has 1 fully saturated rings. The third-order valence-electron chi connectivity index (χ3n) is 3.13. The van der Waals surface area contributed by atoms with Crippen molar-refractivity contribution >= 4 is 17.2 Å². The van der Waals surface area contributed by atoms with Crippen molar-refractivity contribution in [2.45, 2.75) is 24.9 Å². The average molecular weight is 254 g/mol. The SMILES string of the molecule is COCC(N)C(=O)N1CCCC1c1ccsc1. The molecule has 17 heavy (non-hydrogen) atoms. The summed E-state index contributed by atoms with van der Waals surface area (Å²) in [4.78, 5) is 14.1. The predicted octanol–water partition coefficient (Wildman–Crippen LogP) is 1.39. The maximum atomic E-state index is 12.2. The minimum atomic E-state index is -0.542. The molecule has 1 amide bonds. The van der Waals surface area contributed by atoms with Gasteiger partial charge in [-0.25, -0.2) is 0 Å². The van der Waals surface area contributed by atoms with Gasteiger partial charge >= 0.3 is 0 Å². The molecule has 0 spiro atoms. The number of ether oxygens (including phenoxy) is 1. The first-order chi connectivity index (χ1) is 8.24. The number of carbonyl (C=O) groups is 1. The molecule has 2 N–H and O–H groups in total. The highest BCUT2D eigenvalue weighted by Gasteiger charge is 2.32. The van der Waals surface area contributed by atoms with E-state index in [2.05, 4.69) is 11.4 Å². The molecule has 2 unspecified atom stereocenters. The number of amides is 1. The van der Waals surface area contributed by atoms with Gasteiger partial charge in [-0.1, -0.05) is 0 Å². The second-order valence-electron chi connectivity index (χ2n) is 4.31. The molecule has 0 saturated carbocycles. The highest BCUT2D eigenvalue weighted by molar-refractivity contribution is 7.07. The minimum absolute atomic E-state index is 0.000509. The van der Waals surface area contributed by atoms with Crippen LogP contribution in [0.2, 0.25) is 0 Å². The molecular formula is C12H18N2O2S. The Morgan fingerprint density at radius 2 is 2.59 bits per heavy atom. The van der Waals surface area contributed by atoms with Crippen LogP contribution in [0, 0.1) is 0 Å². The zero-order chi connectivity index (χ0) is 12.3. The lowest BCUT2D eigenvalue weighted by atomic mass is 10.1. The molecule has 1 aromatic rings. The van der Waals surface area contributed by atoms with Crippen molar-refractivity contribution in [2.24, 2.45) is 5.73 Å². The van der Waals surface area contributed by atoms with Gasteiger partial charge in [0.1, 0.15) is 6.04 Å². The lowest BCUT2D eigenvalue weighted by Gasteiger charge is -2.26. The van der Waals surface area contributed by atoms with Crippen molar-refractivity contribution in [3.63, 3.8) is 0 Å². The third-order valence-corrected chi connectivity index (χ3v) is 3.83. The average Bonchev–Trinajstić information content (AvgIpc) is 2.98. The number of carbonyl (C=O) groups excluding carboxylic acids is 1. The normalized spacial score (nSPS) is 21.8. The summed E-state index contributed by atoms with van der Waals surface area (Å²) in [6, 6.07) is 1.75. The van der Waals surface area contributed by atoms with E-state index in [0.29, 0.717) is 0 Å². The van der Waals surface area contributed by atoms with E-state index in [-0.39, 0.29) is 18.6 Å². The number of rotatable bonds is 4. The van der Waals surface area contributed by atoms with Crippen LogP contribution in [0.1, 0.15) is 24.4 Å². The standard InChI is InChI=1S/C12H18N2O2S/c1-16-7-10(13)12(15)14-5-2-3-11(14)9-4-6-17-8-9/h4,6,8,10-11H,2-3,5,7,13H2,1H3. The molecule has 0 aromatic carbocycles. The maximum absolute atomic E-state index is 12.2. The summed E-state index contributed by atoms with van der Waals surface area (Å²) < 4.78 is 4.94. The van der Waals surface area contributed by atoms with Gasteiger partial charge in [0.25, 0.3) is 0 Å². The van der Waals surface area contributed by atoms with Gasteiger partial charge in [0.2, 0.25) is 5.91 Å². The molecule has 0 bridgehead atoms. The van der Waals surface area contributed by atoms with Crippen molar-refractivity contribution < 1.29 is 9.53 Å². The van der Waals surface area contributed by atoms with E-state index in [4.69, 9.17) is 10.5 Å². The Morgan fingerprint density at radius 1 is 1.76 bits per heavy atom. The number of thiophene rings is 1. The lowest BCUT2D eigenvalue weighted by molar-refractivity contribution is -0.134. The fourth-order valence-electron chi connectivity index (χ4n) is 2.31. The summed E-state index contributed by atoms with van der Waals surface area (Å²) in [5.74, 6) is 0.000509. The molecular weight excluding hydrogens is 236 g/mol. The summed E-state index contributed by atoms with van der Waals surface area (Å²) in [7, 11) is 1.56. The Labute approximate surface area is 105 Å². The van der Waals surface area contributed by atoms with Gasteiger partial charge in [-0.15, -0.1) is 0 Å². The summed E-state index contributed by atoms with van der Waals surface area (Å²) in [6.45, 7) is 1.09. The Bertz CT molecular complexity index is 367. The van der Waals surface area contributed by atoms with Crippen LogP contribution in [0.25, 0.3) is 0 Å². The molecule has 2 atom stereocenters. The molecule has 1 aromatic heterocycles. The van der Waals surface area contributed by atoms with Crippen molar-refractivity contribution in [1.82, 2.24) is 4.90 Å². The van der Waals surface area contributed by atoms with Crippen LogP contribution in [0.3, 0.4) is 0 Å². The Kier molecular flexibility index (Phi) is 4.15. The van der Waals surface area contributed by atoms with E-state index in [1.165, 1.54) is 5.56 Å². The lowest BCUT2D eigenvalue weighted by Crippen LogP contribution is -2.45. The fraction of sp³-hybridized carbons (Fsp3) is 0.583. The summed E-state index contributed by atoms with van der Waals surface area (Å²) in [5, 5.41) is 4.16. The van der Waals surface area contributed by atoms with Crippen LogP contribution < -0.4 is 5.73 Å². The highest BCUT2D eigenvalue weighted by Crippen LogP contribution is 2.33. The van der Waals surface area contributed by atoms with Crippen molar-refractivity contribution in [3.8, 4) is 0 Å². The van der Waals surface area contributed by atoms with Crippen LogP contribution in [-0.4, -0.2) is 37.1 Å². The molecule has 1 saturated heterocycles. The first-order valence-electron chi connectivity index (χ1n) is 5.81. The monoisotopic (exact) mass is 254 g/mol. The molecule has 0 aliphatic carbocycles. The molecule has 0 radical (unpaired) electrons. The number of hydrogen-bond donors (Lipinski definition) is 1. The van der Waals surface area contributed by atoms with Gasteiger partial charge < -0.3 is 15.4 Å². The van der Waals surface area contributed by atoms with Crippen LogP contribution in [0.15, 0.2) is 16.8 Å². The van der Waals surface area contributed by atoms with Gasteiger partial charge in [-0.3, -0.25) is 4.79 Å². The zero-order valence-corrected chi connectivity index (χ0v) is 10.8.